The molecular weight excluding hydrogens is 290 g/mol. The summed E-state index contributed by atoms with van der Waals surface area (Å²) in [6.07, 6.45) is 2.01. The number of aryl methyl sites for hydroxylation is 1. The van der Waals surface area contributed by atoms with Crippen molar-refractivity contribution < 1.29 is 14.3 Å². The summed E-state index contributed by atoms with van der Waals surface area (Å²) in [6.45, 7) is 0.195. The van der Waals surface area contributed by atoms with Crippen molar-refractivity contribution in [3.8, 4) is 5.75 Å². The lowest BCUT2D eigenvalue weighted by Crippen LogP contribution is -2.47. The summed E-state index contributed by atoms with van der Waals surface area (Å²) in [7, 11) is 0. The molecule has 4 nitrogen and oxygen atoms in total. The Balaban J connectivity index is 1.50. The fourth-order valence-corrected chi connectivity index (χ4v) is 2.70. The van der Waals surface area contributed by atoms with Gasteiger partial charge in [0, 0.05) is 6.42 Å². The van der Waals surface area contributed by atoms with Crippen molar-refractivity contribution in [1.29, 1.82) is 0 Å². The van der Waals surface area contributed by atoms with Crippen LogP contribution in [0.2, 0.25) is 0 Å². The Labute approximate surface area is 135 Å². The van der Waals surface area contributed by atoms with Gasteiger partial charge in [0.25, 0.3) is 0 Å². The Morgan fingerprint density at radius 1 is 1.09 bits per heavy atom. The second kappa shape index (κ2) is 7.09. The minimum Gasteiger partial charge on any atom is -0.490 e. The average Bonchev–Trinajstić information content (AvgIpc) is 2.59. The molecule has 4 heteroatoms. The minimum atomic E-state index is -0.589. The molecular formula is C19H19NO3. The van der Waals surface area contributed by atoms with Crippen LogP contribution in [0, 0.1) is 0 Å². The number of hydrogen-bond donors (Lipinski definition) is 1. The van der Waals surface area contributed by atoms with Crippen molar-refractivity contribution in [2.45, 2.75) is 25.3 Å². The number of rotatable bonds is 5. The number of hydrogen-bond acceptors (Lipinski definition) is 3. The Kier molecular flexibility index (Phi) is 4.71. The molecule has 0 aromatic heterocycles. The highest BCUT2D eigenvalue weighted by Crippen LogP contribution is 2.24. The number of ketones is 1. The first-order valence-electron chi connectivity index (χ1n) is 7.83. The molecule has 1 amide bonds. The number of Topliss-reactive ketones (excluding diaryl/α,β-unsaturated/α-hetero) is 1. The van der Waals surface area contributed by atoms with E-state index < -0.39 is 6.04 Å². The molecule has 2 aromatic carbocycles. The summed E-state index contributed by atoms with van der Waals surface area (Å²) in [5.74, 6) is 0.401. The Bertz CT molecular complexity index is 697. The summed E-state index contributed by atoms with van der Waals surface area (Å²) in [5.41, 5.74) is 1.75. The van der Waals surface area contributed by atoms with Crippen LogP contribution in [0.4, 0.5) is 0 Å². The van der Waals surface area contributed by atoms with E-state index >= 15 is 0 Å². The molecule has 118 valence electrons. The van der Waals surface area contributed by atoms with Crippen molar-refractivity contribution in [3.05, 3.63) is 65.7 Å². The van der Waals surface area contributed by atoms with Gasteiger partial charge < -0.3 is 10.1 Å². The topological polar surface area (TPSA) is 55.4 Å². The number of benzene rings is 2. The van der Waals surface area contributed by atoms with Gasteiger partial charge in [-0.25, -0.2) is 0 Å². The molecule has 0 spiro atoms. The first-order chi connectivity index (χ1) is 11.2. The van der Waals surface area contributed by atoms with Gasteiger partial charge in [-0.1, -0.05) is 42.5 Å². The highest BCUT2D eigenvalue weighted by molar-refractivity contribution is 6.04. The molecule has 1 aliphatic heterocycles. The molecule has 0 radical (unpaired) electrons. The third kappa shape index (κ3) is 3.77. The molecule has 0 aliphatic carbocycles. The van der Waals surface area contributed by atoms with E-state index in [4.69, 9.17) is 4.74 Å². The zero-order valence-corrected chi connectivity index (χ0v) is 12.8. The normalized spacial score (nSPS) is 16.3. The predicted molar refractivity (Wildman–Crippen MR) is 87.6 cm³/mol. The molecule has 1 unspecified atom stereocenters. The van der Waals surface area contributed by atoms with Gasteiger partial charge in [-0.05, 0) is 30.5 Å². The SMILES string of the molecule is O=C(CCCc1ccccc1)NC1COc2ccccc2C1=O. The number of para-hydroxylation sites is 1. The maximum absolute atomic E-state index is 12.4. The van der Waals surface area contributed by atoms with Crippen LogP contribution in [0.15, 0.2) is 54.6 Å². The fraction of sp³-hybridized carbons (Fsp3) is 0.263. The highest BCUT2D eigenvalue weighted by atomic mass is 16.5. The smallest absolute Gasteiger partial charge is 0.220 e. The van der Waals surface area contributed by atoms with Crippen LogP contribution >= 0.6 is 0 Å². The van der Waals surface area contributed by atoms with Crippen molar-refractivity contribution in [1.82, 2.24) is 5.32 Å². The Hall–Kier alpha value is -2.62. The zero-order valence-electron chi connectivity index (χ0n) is 12.8. The van der Waals surface area contributed by atoms with E-state index in [0.717, 1.165) is 12.8 Å². The minimum absolute atomic E-state index is 0.0803. The molecule has 3 rings (SSSR count). The van der Waals surface area contributed by atoms with Crippen molar-refractivity contribution in [3.63, 3.8) is 0 Å². The van der Waals surface area contributed by atoms with E-state index in [0.29, 0.717) is 17.7 Å². The average molecular weight is 309 g/mol. The molecule has 1 heterocycles. The van der Waals surface area contributed by atoms with Gasteiger partial charge in [0.15, 0.2) is 5.78 Å². The maximum atomic E-state index is 12.4. The first kappa shape index (κ1) is 15.3. The van der Waals surface area contributed by atoms with Gasteiger partial charge in [0.2, 0.25) is 5.91 Å². The zero-order chi connectivity index (χ0) is 16.1. The first-order valence-corrected chi connectivity index (χ1v) is 7.83. The lowest BCUT2D eigenvalue weighted by Gasteiger charge is -2.24. The van der Waals surface area contributed by atoms with Gasteiger partial charge in [0.05, 0.1) is 5.56 Å². The van der Waals surface area contributed by atoms with Crippen molar-refractivity contribution in [2.24, 2.45) is 0 Å². The second-order valence-electron chi connectivity index (χ2n) is 5.63. The van der Waals surface area contributed by atoms with Crippen LogP contribution in [0.1, 0.15) is 28.8 Å². The number of carbonyl (C=O) groups is 2. The summed E-state index contributed by atoms with van der Waals surface area (Å²) >= 11 is 0. The number of fused-ring (bicyclic) bond motifs is 1. The van der Waals surface area contributed by atoms with Gasteiger partial charge in [-0.2, -0.15) is 0 Å². The predicted octanol–water partition coefficient (Wildman–Crippen LogP) is 2.77. The lowest BCUT2D eigenvalue weighted by molar-refractivity contribution is -0.121. The number of carbonyl (C=O) groups excluding carboxylic acids is 2. The van der Waals surface area contributed by atoms with E-state index in [1.165, 1.54) is 5.56 Å². The Morgan fingerprint density at radius 3 is 2.65 bits per heavy atom. The summed E-state index contributed by atoms with van der Waals surface area (Å²) in [4.78, 5) is 24.4. The number of ether oxygens (including phenoxy) is 1. The van der Waals surface area contributed by atoms with Crippen LogP contribution in [0.25, 0.3) is 0 Å². The van der Waals surface area contributed by atoms with Crippen molar-refractivity contribution in [2.75, 3.05) is 6.61 Å². The number of amides is 1. The molecule has 0 saturated carbocycles. The second-order valence-corrected chi connectivity index (χ2v) is 5.63. The molecule has 1 aliphatic rings. The lowest BCUT2D eigenvalue weighted by atomic mass is 10.0. The molecule has 2 aromatic rings. The number of nitrogens with one attached hydrogen (secondary N) is 1. The highest BCUT2D eigenvalue weighted by Gasteiger charge is 2.29. The van der Waals surface area contributed by atoms with E-state index in [-0.39, 0.29) is 18.3 Å². The molecule has 23 heavy (non-hydrogen) atoms. The summed E-state index contributed by atoms with van der Waals surface area (Å²) < 4.78 is 5.55. The van der Waals surface area contributed by atoms with Gasteiger partial charge in [-0.15, -0.1) is 0 Å². The van der Waals surface area contributed by atoms with Crippen LogP contribution < -0.4 is 10.1 Å². The van der Waals surface area contributed by atoms with Gasteiger partial charge in [0.1, 0.15) is 18.4 Å². The monoisotopic (exact) mass is 309 g/mol. The Morgan fingerprint density at radius 2 is 1.83 bits per heavy atom. The molecule has 1 atom stereocenters. The quantitative estimate of drug-likeness (QED) is 0.924. The molecule has 1 N–H and O–H groups in total. The van der Waals surface area contributed by atoms with E-state index in [2.05, 4.69) is 5.32 Å². The van der Waals surface area contributed by atoms with Gasteiger partial charge >= 0.3 is 0 Å². The molecule has 0 saturated heterocycles. The summed E-state index contributed by atoms with van der Waals surface area (Å²) in [5, 5.41) is 2.78. The standard InChI is InChI=1S/C19H19NO3/c21-18(12-6-9-14-7-2-1-3-8-14)20-16-13-23-17-11-5-4-10-15(17)19(16)22/h1-5,7-8,10-11,16H,6,9,12-13H2,(H,20,21). The molecule has 0 fully saturated rings. The third-order valence-electron chi connectivity index (χ3n) is 3.92. The maximum Gasteiger partial charge on any atom is 0.220 e. The third-order valence-corrected chi connectivity index (χ3v) is 3.92. The van der Waals surface area contributed by atoms with Crippen molar-refractivity contribution >= 4 is 11.7 Å². The summed E-state index contributed by atoms with van der Waals surface area (Å²) in [6, 6.07) is 16.6. The van der Waals surface area contributed by atoms with Crippen LogP contribution in [-0.4, -0.2) is 24.3 Å². The van der Waals surface area contributed by atoms with E-state index in [1.807, 2.05) is 36.4 Å². The largest absolute Gasteiger partial charge is 0.490 e. The fourth-order valence-electron chi connectivity index (χ4n) is 2.70. The van der Waals surface area contributed by atoms with E-state index in [9.17, 15) is 9.59 Å². The van der Waals surface area contributed by atoms with Crippen LogP contribution in [-0.2, 0) is 11.2 Å². The van der Waals surface area contributed by atoms with Gasteiger partial charge in [-0.3, -0.25) is 9.59 Å². The van der Waals surface area contributed by atoms with Crippen LogP contribution in [0.5, 0.6) is 5.75 Å². The van der Waals surface area contributed by atoms with E-state index in [1.54, 1.807) is 18.2 Å². The van der Waals surface area contributed by atoms with Crippen LogP contribution in [0.3, 0.4) is 0 Å². The molecule has 0 bridgehead atoms.